The Morgan fingerprint density at radius 3 is 2.35 bits per heavy atom. The van der Waals surface area contributed by atoms with Crippen molar-refractivity contribution in [1.29, 1.82) is 0 Å². The highest BCUT2D eigenvalue weighted by molar-refractivity contribution is 7.89. The van der Waals surface area contributed by atoms with E-state index in [1.165, 1.54) is 0 Å². The van der Waals surface area contributed by atoms with Crippen LogP contribution in [0.25, 0.3) is 22.5 Å². The van der Waals surface area contributed by atoms with Crippen molar-refractivity contribution in [3.8, 4) is 22.5 Å². The number of aromatic amines is 1. The van der Waals surface area contributed by atoms with Crippen LogP contribution in [0.3, 0.4) is 0 Å². The van der Waals surface area contributed by atoms with Gasteiger partial charge in [-0.1, -0.05) is 30.3 Å². The van der Waals surface area contributed by atoms with Crippen LogP contribution in [0.2, 0.25) is 0 Å². The van der Waals surface area contributed by atoms with E-state index in [0.717, 1.165) is 53.5 Å². The summed E-state index contributed by atoms with van der Waals surface area (Å²) in [4.78, 5) is 40.3. The molecule has 14 heteroatoms. The number of aromatic nitrogens is 4. The van der Waals surface area contributed by atoms with E-state index < -0.39 is 27.6 Å². The standard InChI is InChI=1S/C41H51N7O6S/c1-27-10-19-35(55(52,53)48-20-5-6-21-48)25-36(27)32-9-7-8-29(22-32)23-33(39(50)43-34-17-15-31(16-18-34)38-44-46-47-45-38)24-37(49)30-13-11-28(12-14-30)26-42-40(51)54-41(2,3)4/h7-10,15-19,22,25,28,30,33H,5-6,11-14,20-21,23-24,26H2,1-4H3,(H,42,51)(H,43,50)(H,44,45,46,47)/t28?,30?,33-/m1/s1. The maximum Gasteiger partial charge on any atom is 0.407 e. The number of Topliss-reactive ketones (excluding diaryl/α,β-unsaturated/α-hetero) is 1. The molecule has 55 heavy (non-hydrogen) atoms. The summed E-state index contributed by atoms with van der Waals surface area (Å²) in [7, 11) is -3.61. The maximum atomic E-state index is 14.0. The summed E-state index contributed by atoms with van der Waals surface area (Å²) >= 11 is 0. The van der Waals surface area contributed by atoms with Gasteiger partial charge in [0.25, 0.3) is 0 Å². The monoisotopic (exact) mass is 769 g/mol. The highest BCUT2D eigenvalue weighted by Gasteiger charge is 2.31. The summed E-state index contributed by atoms with van der Waals surface area (Å²) in [5.74, 6) is -0.355. The normalized spacial score (nSPS) is 18.4. The van der Waals surface area contributed by atoms with Gasteiger partial charge in [0.15, 0.2) is 0 Å². The van der Waals surface area contributed by atoms with Gasteiger partial charge >= 0.3 is 6.09 Å². The lowest BCUT2D eigenvalue weighted by molar-refractivity contribution is -0.129. The number of amides is 2. The first kappa shape index (κ1) is 39.7. The molecular formula is C41H51N7O6S. The number of hydrogen-bond acceptors (Lipinski definition) is 9. The third-order valence-corrected chi connectivity index (χ3v) is 12.3. The molecule has 1 atom stereocenters. The van der Waals surface area contributed by atoms with Gasteiger partial charge in [-0.3, -0.25) is 9.59 Å². The van der Waals surface area contributed by atoms with E-state index in [0.29, 0.717) is 50.4 Å². The van der Waals surface area contributed by atoms with Gasteiger partial charge in [0.2, 0.25) is 21.8 Å². The van der Waals surface area contributed by atoms with E-state index in [2.05, 4.69) is 31.3 Å². The molecule has 1 saturated carbocycles. The molecule has 1 aliphatic carbocycles. The zero-order chi connectivity index (χ0) is 39.2. The number of benzene rings is 3. The molecule has 0 spiro atoms. The predicted octanol–water partition coefficient (Wildman–Crippen LogP) is 6.71. The van der Waals surface area contributed by atoms with E-state index in [4.69, 9.17) is 4.74 Å². The SMILES string of the molecule is Cc1ccc(S(=O)(=O)N2CCCC2)cc1-c1cccc(C[C@H](CC(=O)C2CCC(CNC(=O)OC(C)(C)C)CC2)C(=O)Nc2ccc(-c3nn[nH]n3)cc2)c1. The Bertz CT molecular complexity index is 2070. The molecule has 0 radical (unpaired) electrons. The van der Waals surface area contributed by atoms with E-state index in [1.807, 2.05) is 58.0 Å². The Morgan fingerprint density at radius 1 is 0.945 bits per heavy atom. The molecule has 0 bridgehead atoms. The van der Waals surface area contributed by atoms with Crippen LogP contribution in [0, 0.1) is 24.7 Å². The number of rotatable bonds is 13. The second-order valence-corrected chi connectivity index (χ2v) is 17.7. The average Bonchev–Trinajstić information content (AvgIpc) is 3.90. The molecule has 2 aliphatic rings. The molecule has 2 fully saturated rings. The number of ketones is 1. The number of aryl methyl sites for hydroxylation is 1. The van der Waals surface area contributed by atoms with Gasteiger partial charge in [0.05, 0.1) is 4.90 Å². The molecule has 0 unspecified atom stereocenters. The first-order valence-corrected chi connectivity index (χ1v) is 20.5. The van der Waals surface area contributed by atoms with Crippen LogP contribution in [-0.4, -0.2) is 76.4 Å². The van der Waals surface area contributed by atoms with Crippen molar-refractivity contribution in [1.82, 2.24) is 30.2 Å². The number of sulfonamides is 1. The first-order valence-electron chi connectivity index (χ1n) is 19.1. The second kappa shape index (κ2) is 17.2. The number of anilines is 1. The topological polar surface area (TPSA) is 176 Å². The quantitative estimate of drug-likeness (QED) is 0.133. The fourth-order valence-corrected chi connectivity index (χ4v) is 8.97. The number of alkyl carbamates (subject to hydrolysis) is 1. The van der Waals surface area contributed by atoms with Crippen molar-refractivity contribution in [3.05, 3.63) is 77.9 Å². The van der Waals surface area contributed by atoms with Crippen molar-refractivity contribution >= 4 is 33.5 Å². The molecule has 13 nitrogen and oxygen atoms in total. The molecule has 1 aliphatic heterocycles. The van der Waals surface area contributed by atoms with Gasteiger partial charge in [-0.25, -0.2) is 13.2 Å². The van der Waals surface area contributed by atoms with Crippen LogP contribution >= 0.6 is 0 Å². The zero-order valence-corrected chi connectivity index (χ0v) is 32.8. The molecule has 1 saturated heterocycles. The van der Waals surface area contributed by atoms with E-state index >= 15 is 0 Å². The Balaban J connectivity index is 1.17. The Labute approximate surface area is 323 Å². The third-order valence-electron chi connectivity index (χ3n) is 10.4. The number of ether oxygens (including phenoxy) is 1. The summed E-state index contributed by atoms with van der Waals surface area (Å²) in [6, 6.07) is 20.1. The van der Waals surface area contributed by atoms with E-state index in [-0.39, 0.29) is 34.8 Å². The lowest BCUT2D eigenvalue weighted by atomic mass is 9.77. The Hall–Kier alpha value is -4.95. The number of H-pyrrole nitrogens is 1. The van der Waals surface area contributed by atoms with Gasteiger partial charge in [-0.2, -0.15) is 9.52 Å². The first-order chi connectivity index (χ1) is 26.2. The van der Waals surface area contributed by atoms with E-state index in [9.17, 15) is 22.8 Å². The molecule has 292 valence electrons. The van der Waals surface area contributed by atoms with Gasteiger partial charge in [0, 0.05) is 49.1 Å². The minimum atomic E-state index is -3.61. The van der Waals surface area contributed by atoms with Crippen LogP contribution in [0.15, 0.2) is 71.6 Å². The number of hydrogen-bond donors (Lipinski definition) is 3. The molecule has 2 heterocycles. The fraction of sp³-hybridized carbons (Fsp3) is 0.463. The lowest BCUT2D eigenvalue weighted by Crippen LogP contribution is -2.37. The number of carbonyl (C=O) groups excluding carboxylic acids is 3. The van der Waals surface area contributed by atoms with E-state index in [1.54, 1.807) is 40.7 Å². The maximum absolute atomic E-state index is 14.0. The van der Waals surface area contributed by atoms with Crippen LogP contribution in [-0.2, 0) is 30.8 Å². The van der Waals surface area contributed by atoms with Crippen LogP contribution < -0.4 is 10.6 Å². The van der Waals surface area contributed by atoms with Gasteiger partial charge in [0.1, 0.15) is 11.4 Å². The Morgan fingerprint density at radius 2 is 1.67 bits per heavy atom. The van der Waals surface area contributed by atoms with Crippen molar-refractivity contribution < 1.29 is 27.5 Å². The summed E-state index contributed by atoms with van der Waals surface area (Å²) < 4.78 is 33.7. The lowest BCUT2D eigenvalue weighted by Gasteiger charge is -2.29. The largest absolute Gasteiger partial charge is 0.444 e. The van der Waals surface area contributed by atoms with Crippen LogP contribution in [0.4, 0.5) is 10.5 Å². The number of nitrogens with zero attached hydrogens (tertiary/aromatic N) is 4. The van der Waals surface area contributed by atoms with Gasteiger partial charge in [-0.15, -0.1) is 10.2 Å². The van der Waals surface area contributed by atoms with Crippen LogP contribution in [0.5, 0.6) is 0 Å². The number of tetrazole rings is 1. The molecule has 1 aromatic heterocycles. The average molecular weight is 770 g/mol. The van der Waals surface area contributed by atoms with Crippen molar-refractivity contribution in [2.45, 2.75) is 89.6 Å². The predicted molar refractivity (Wildman–Crippen MR) is 209 cm³/mol. The summed E-state index contributed by atoms with van der Waals surface area (Å²) in [6.45, 7) is 8.98. The molecular weight excluding hydrogens is 719 g/mol. The minimum Gasteiger partial charge on any atom is -0.444 e. The number of carbonyl (C=O) groups is 3. The van der Waals surface area contributed by atoms with Crippen molar-refractivity contribution in [3.63, 3.8) is 0 Å². The summed E-state index contributed by atoms with van der Waals surface area (Å²) in [5.41, 5.74) is 4.18. The molecule has 3 aromatic carbocycles. The Kier molecular flexibility index (Phi) is 12.5. The number of nitrogens with one attached hydrogen (secondary N) is 3. The van der Waals surface area contributed by atoms with Crippen LogP contribution in [0.1, 0.15) is 76.8 Å². The molecule has 2 amide bonds. The zero-order valence-electron chi connectivity index (χ0n) is 32.0. The summed E-state index contributed by atoms with van der Waals surface area (Å²) in [5, 5.41) is 19.9. The highest BCUT2D eigenvalue weighted by Crippen LogP contribution is 2.33. The summed E-state index contributed by atoms with van der Waals surface area (Å²) in [6.07, 6.45) is 4.64. The van der Waals surface area contributed by atoms with Gasteiger partial charge < -0.3 is 15.4 Å². The fourth-order valence-electron chi connectivity index (χ4n) is 7.43. The molecule has 3 N–H and O–H groups in total. The van der Waals surface area contributed by atoms with Gasteiger partial charge in [-0.05, 0) is 142 Å². The minimum absolute atomic E-state index is 0.0537. The third kappa shape index (κ3) is 10.4. The van der Waals surface area contributed by atoms with Crippen molar-refractivity contribution in [2.24, 2.45) is 17.8 Å². The second-order valence-electron chi connectivity index (χ2n) is 15.8. The highest BCUT2D eigenvalue weighted by atomic mass is 32.2. The molecule has 4 aromatic rings. The van der Waals surface area contributed by atoms with Crippen molar-refractivity contribution in [2.75, 3.05) is 25.0 Å². The molecule has 6 rings (SSSR count). The smallest absolute Gasteiger partial charge is 0.407 e.